The number of carbonyl (C=O) groups excluding carboxylic acids is 1. The van der Waals surface area contributed by atoms with Gasteiger partial charge < -0.3 is 9.30 Å². The van der Waals surface area contributed by atoms with Gasteiger partial charge in [-0.3, -0.25) is 4.79 Å². The van der Waals surface area contributed by atoms with E-state index in [1.54, 1.807) is 11.5 Å². The molecule has 0 spiro atoms. The third kappa shape index (κ3) is 2.31. The molecule has 6 heteroatoms. The Kier molecular flexibility index (Phi) is 3.45. The Morgan fingerprint density at radius 1 is 1.48 bits per heavy atom. The molecule has 0 unspecified atom stereocenters. The van der Waals surface area contributed by atoms with E-state index in [2.05, 4.69) is 0 Å². The van der Waals surface area contributed by atoms with Crippen LogP contribution in [0.4, 0.5) is 4.39 Å². The zero-order valence-electron chi connectivity index (χ0n) is 11.4. The van der Waals surface area contributed by atoms with Crippen LogP contribution in [0.5, 0.6) is 0 Å². The zero-order chi connectivity index (χ0) is 15.1. The SMILES string of the molecule is CCOC(=O)c1cn(C2CC2)c2c(F)c(Cl)ccc2c1=O. The van der Waals surface area contributed by atoms with Crippen molar-refractivity contribution in [2.45, 2.75) is 25.8 Å². The van der Waals surface area contributed by atoms with Crippen LogP contribution in [-0.4, -0.2) is 17.1 Å². The number of nitrogens with zero attached hydrogens (tertiary/aromatic N) is 1. The maximum absolute atomic E-state index is 14.3. The number of ether oxygens (including phenoxy) is 1. The molecule has 0 saturated heterocycles. The molecule has 1 aliphatic carbocycles. The smallest absolute Gasteiger partial charge is 0.343 e. The summed E-state index contributed by atoms with van der Waals surface area (Å²) in [4.78, 5) is 24.3. The standard InChI is InChI=1S/C15H13ClFNO3/c1-2-21-15(20)10-7-18(8-3-4-8)13-9(14(10)19)5-6-11(16)12(13)17/h5-8H,2-4H2,1H3. The van der Waals surface area contributed by atoms with Gasteiger partial charge in [-0.1, -0.05) is 11.6 Å². The van der Waals surface area contributed by atoms with Crippen molar-refractivity contribution in [2.75, 3.05) is 6.61 Å². The number of fused-ring (bicyclic) bond motifs is 1. The highest BCUT2D eigenvalue weighted by atomic mass is 35.5. The number of pyridine rings is 1. The van der Waals surface area contributed by atoms with E-state index in [-0.39, 0.29) is 34.1 Å². The highest BCUT2D eigenvalue weighted by Gasteiger charge is 2.28. The molecule has 1 aromatic heterocycles. The fourth-order valence-electron chi connectivity index (χ4n) is 2.38. The molecule has 0 amide bonds. The van der Waals surface area contributed by atoms with Gasteiger partial charge in [-0.15, -0.1) is 0 Å². The van der Waals surface area contributed by atoms with Crippen LogP contribution in [0.3, 0.4) is 0 Å². The summed E-state index contributed by atoms with van der Waals surface area (Å²) in [6.45, 7) is 1.84. The molecular formula is C15H13ClFNO3. The number of halogens is 2. The second kappa shape index (κ2) is 5.15. The van der Waals surface area contributed by atoms with Crippen molar-refractivity contribution in [1.29, 1.82) is 0 Å². The Balaban J connectivity index is 2.34. The van der Waals surface area contributed by atoms with Gasteiger partial charge in [0.05, 0.1) is 17.1 Å². The van der Waals surface area contributed by atoms with Crippen LogP contribution in [0.15, 0.2) is 23.1 Å². The van der Waals surface area contributed by atoms with E-state index >= 15 is 0 Å². The van der Waals surface area contributed by atoms with E-state index in [0.29, 0.717) is 0 Å². The third-order valence-electron chi connectivity index (χ3n) is 3.52. The van der Waals surface area contributed by atoms with E-state index in [1.165, 1.54) is 18.3 Å². The largest absolute Gasteiger partial charge is 0.462 e. The molecule has 4 nitrogen and oxygen atoms in total. The first-order chi connectivity index (χ1) is 10.0. The van der Waals surface area contributed by atoms with Crippen LogP contribution in [0.25, 0.3) is 10.9 Å². The highest BCUT2D eigenvalue weighted by Crippen LogP contribution is 2.38. The van der Waals surface area contributed by atoms with Crippen LogP contribution >= 0.6 is 11.6 Å². The average Bonchev–Trinajstić information content (AvgIpc) is 3.28. The van der Waals surface area contributed by atoms with Crippen molar-refractivity contribution in [1.82, 2.24) is 4.57 Å². The minimum absolute atomic E-state index is 0.0415. The normalized spacial score (nSPS) is 14.4. The predicted octanol–water partition coefficient (Wildman–Crippen LogP) is 3.31. The Morgan fingerprint density at radius 2 is 2.19 bits per heavy atom. The van der Waals surface area contributed by atoms with Gasteiger partial charge in [-0.25, -0.2) is 9.18 Å². The van der Waals surface area contributed by atoms with Crippen molar-refractivity contribution in [2.24, 2.45) is 0 Å². The molecule has 2 aromatic rings. The fourth-order valence-corrected chi connectivity index (χ4v) is 2.53. The summed E-state index contributed by atoms with van der Waals surface area (Å²) in [5.41, 5.74) is -0.447. The summed E-state index contributed by atoms with van der Waals surface area (Å²) in [7, 11) is 0. The van der Waals surface area contributed by atoms with Crippen molar-refractivity contribution in [3.63, 3.8) is 0 Å². The van der Waals surface area contributed by atoms with Crippen molar-refractivity contribution >= 4 is 28.5 Å². The molecule has 1 aliphatic rings. The van der Waals surface area contributed by atoms with Gasteiger partial charge in [0.15, 0.2) is 5.82 Å². The monoisotopic (exact) mass is 309 g/mol. The molecule has 0 N–H and O–H groups in total. The number of hydrogen-bond donors (Lipinski definition) is 0. The van der Waals surface area contributed by atoms with Gasteiger partial charge in [-0.05, 0) is 31.9 Å². The van der Waals surface area contributed by atoms with Crippen molar-refractivity contribution in [3.05, 3.63) is 45.0 Å². The van der Waals surface area contributed by atoms with E-state index in [1.807, 2.05) is 0 Å². The molecule has 21 heavy (non-hydrogen) atoms. The van der Waals surface area contributed by atoms with E-state index < -0.39 is 17.2 Å². The van der Waals surface area contributed by atoms with E-state index in [4.69, 9.17) is 16.3 Å². The molecule has 110 valence electrons. The third-order valence-corrected chi connectivity index (χ3v) is 3.81. The second-order valence-electron chi connectivity index (χ2n) is 4.99. The molecule has 0 bridgehead atoms. The zero-order valence-corrected chi connectivity index (χ0v) is 12.1. The minimum Gasteiger partial charge on any atom is -0.462 e. The van der Waals surface area contributed by atoms with Crippen LogP contribution in [-0.2, 0) is 4.74 Å². The Bertz CT molecular complexity index is 796. The van der Waals surface area contributed by atoms with Crippen LogP contribution in [0.1, 0.15) is 36.2 Å². The lowest BCUT2D eigenvalue weighted by Gasteiger charge is -2.13. The van der Waals surface area contributed by atoms with Crippen molar-refractivity contribution in [3.8, 4) is 0 Å². The Labute approximate surface area is 125 Å². The highest BCUT2D eigenvalue weighted by molar-refractivity contribution is 6.31. The Morgan fingerprint density at radius 3 is 2.81 bits per heavy atom. The number of hydrogen-bond acceptors (Lipinski definition) is 3. The maximum Gasteiger partial charge on any atom is 0.343 e. The summed E-state index contributed by atoms with van der Waals surface area (Å²) in [6, 6.07) is 2.87. The number of aromatic nitrogens is 1. The quantitative estimate of drug-likeness (QED) is 0.817. The van der Waals surface area contributed by atoms with Gasteiger partial charge >= 0.3 is 5.97 Å². The van der Waals surface area contributed by atoms with Gasteiger partial charge in [0.2, 0.25) is 5.43 Å². The second-order valence-corrected chi connectivity index (χ2v) is 5.40. The number of benzene rings is 1. The molecule has 0 radical (unpaired) electrons. The molecule has 1 heterocycles. The molecule has 1 saturated carbocycles. The van der Waals surface area contributed by atoms with Gasteiger partial charge in [-0.2, -0.15) is 0 Å². The first-order valence-corrected chi connectivity index (χ1v) is 7.12. The molecular weight excluding hydrogens is 297 g/mol. The molecule has 1 aromatic carbocycles. The van der Waals surface area contributed by atoms with Crippen LogP contribution in [0.2, 0.25) is 5.02 Å². The topological polar surface area (TPSA) is 48.3 Å². The lowest BCUT2D eigenvalue weighted by molar-refractivity contribution is 0.0524. The summed E-state index contributed by atoms with van der Waals surface area (Å²) in [6.07, 6.45) is 3.15. The van der Waals surface area contributed by atoms with Gasteiger partial charge in [0.1, 0.15) is 5.56 Å². The first kappa shape index (κ1) is 14.1. The first-order valence-electron chi connectivity index (χ1n) is 6.74. The minimum atomic E-state index is -0.686. The predicted molar refractivity (Wildman–Crippen MR) is 77.4 cm³/mol. The summed E-state index contributed by atoms with van der Waals surface area (Å²) in [5.74, 6) is -1.32. The summed E-state index contributed by atoms with van der Waals surface area (Å²) in [5, 5.41) is 0.106. The van der Waals surface area contributed by atoms with Crippen molar-refractivity contribution < 1.29 is 13.9 Å². The number of carbonyl (C=O) groups is 1. The number of rotatable bonds is 3. The lowest BCUT2D eigenvalue weighted by atomic mass is 10.1. The van der Waals surface area contributed by atoms with E-state index in [9.17, 15) is 14.0 Å². The number of esters is 1. The fraction of sp³-hybridized carbons (Fsp3) is 0.333. The van der Waals surface area contributed by atoms with Crippen LogP contribution < -0.4 is 5.43 Å². The lowest BCUT2D eigenvalue weighted by Crippen LogP contribution is -2.21. The molecule has 3 rings (SSSR count). The summed E-state index contributed by atoms with van der Waals surface area (Å²) >= 11 is 5.81. The average molecular weight is 310 g/mol. The molecule has 0 atom stereocenters. The van der Waals surface area contributed by atoms with E-state index in [0.717, 1.165) is 12.8 Å². The molecule has 1 fully saturated rings. The van der Waals surface area contributed by atoms with Gasteiger partial charge in [0.25, 0.3) is 0 Å². The summed E-state index contributed by atoms with van der Waals surface area (Å²) < 4.78 is 20.8. The maximum atomic E-state index is 14.3. The molecule has 0 aliphatic heterocycles. The van der Waals surface area contributed by atoms with Gasteiger partial charge in [0, 0.05) is 17.6 Å². The van der Waals surface area contributed by atoms with Crippen LogP contribution in [0, 0.1) is 5.82 Å². The Hall–Kier alpha value is -1.88.